The van der Waals surface area contributed by atoms with E-state index in [1.807, 2.05) is 0 Å². The number of benzene rings is 2. The topological polar surface area (TPSA) is 69.6 Å². The lowest BCUT2D eigenvalue weighted by Crippen LogP contribution is -2.42. The van der Waals surface area contributed by atoms with Gasteiger partial charge in [-0.15, -0.1) is 0 Å². The number of phenolic OH excluding ortho intramolecular Hbond substituents is 1. The van der Waals surface area contributed by atoms with E-state index in [-0.39, 0.29) is 23.5 Å². The highest BCUT2D eigenvalue weighted by Crippen LogP contribution is 2.23. The number of anilines is 1. The Morgan fingerprint density at radius 2 is 1.60 bits per heavy atom. The summed E-state index contributed by atoms with van der Waals surface area (Å²) in [4.78, 5) is 26.5. The predicted octanol–water partition coefficient (Wildman–Crippen LogP) is 4.17. The molecule has 1 heterocycles. The van der Waals surface area contributed by atoms with E-state index in [1.165, 1.54) is 12.1 Å². The van der Waals surface area contributed by atoms with Crippen molar-refractivity contribution in [2.75, 3.05) is 18.4 Å². The fourth-order valence-electron chi connectivity index (χ4n) is 2.94. The standard InChI is InChI=1S/C19H19ClN2O3/c20-15-3-5-16(6-4-15)21-19(25)22-11-9-14(10-12-22)18(24)13-1-7-17(23)8-2-13/h1-8,14,23H,9-12H2,(H,21,25). The average molecular weight is 359 g/mol. The molecule has 2 aromatic carbocycles. The van der Waals surface area contributed by atoms with Gasteiger partial charge in [-0.3, -0.25) is 4.79 Å². The molecule has 2 amide bonds. The number of carbonyl (C=O) groups is 2. The van der Waals surface area contributed by atoms with Crippen LogP contribution in [-0.4, -0.2) is 34.9 Å². The zero-order chi connectivity index (χ0) is 17.8. The van der Waals surface area contributed by atoms with Crippen molar-refractivity contribution in [1.82, 2.24) is 4.90 Å². The van der Waals surface area contributed by atoms with Crippen molar-refractivity contribution >= 4 is 29.1 Å². The van der Waals surface area contributed by atoms with E-state index >= 15 is 0 Å². The van der Waals surface area contributed by atoms with Crippen molar-refractivity contribution in [2.24, 2.45) is 5.92 Å². The Morgan fingerprint density at radius 1 is 1.00 bits per heavy atom. The fraction of sp³-hybridized carbons (Fsp3) is 0.263. The first-order valence-electron chi connectivity index (χ1n) is 8.17. The van der Waals surface area contributed by atoms with Crippen molar-refractivity contribution in [3.63, 3.8) is 0 Å². The molecule has 1 aliphatic rings. The normalized spacial score (nSPS) is 15.0. The van der Waals surface area contributed by atoms with Gasteiger partial charge in [0.25, 0.3) is 0 Å². The SMILES string of the molecule is O=C(c1ccc(O)cc1)C1CCN(C(=O)Nc2ccc(Cl)cc2)CC1. The number of rotatable bonds is 3. The molecular weight excluding hydrogens is 340 g/mol. The number of aromatic hydroxyl groups is 1. The lowest BCUT2D eigenvalue weighted by atomic mass is 9.89. The summed E-state index contributed by atoms with van der Waals surface area (Å²) in [6.07, 6.45) is 1.27. The molecule has 1 aliphatic heterocycles. The van der Waals surface area contributed by atoms with Crippen molar-refractivity contribution in [2.45, 2.75) is 12.8 Å². The molecule has 6 heteroatoms. The number of hydrogen-bond donors (Lipinski definition) is 2. The van der Waals surface area contributed by atoms with E-state index in [4.69, 9.17) is 11.6 Å². The molecule has 25 heavy (non-hydrogen) atoms. The minimum Gasteiger partial charge on any atom is -0.508 e. The highest BCUT2D eigenvalue weighted by atomic mass is 35.5. The largest absolute Gasteiger partial charge is 0.508 e. The first-order chi connectivity index (χ1) is 12.0. The Bertz CT molecular complexity index is 751. The molecule has 0 saturated carbocycles. The number of amides is 2. The first kappa shape index (κ1) is 17.3. The maximum absolute atomic E-state index is 12.5. The van der Waals surface area contributed by atoms with Gasteiger partial charge >= 0.3 is 6.03 Å². The smallest absolute Gasteiger partial charge is 0.321 e. The number of phenols is 1. The molecule has 0 spiro atoms. The lowest BCUT2D eigenvalue weighted by Gasteiger charge is -2.31. The van der Waals surface area contributed by atoms with Crippen molar-refractivity contribution < 1.29 is 14.7 Å². The van der Waals surface area contributed by atoms with Crippen LogP contribution in [0.25, 0.3) is 0 Å². The van der Waals surface area contributed by atoms with Gasteiger partial charge < -0.3 is 15.3 Å². The Balaban J connectivity index is 1.54. The van der Waals surface area contributed by atoms with E-state index < -0.39 is 0 Å². The summed E-state index contributed by atoms with van der Waals surface area (Å²) in [5.74, 6) is 0.118. The lowest BCUT2D eigenvalue weighted by molar-refractivity contribution is 0.0859. The number of Topliss-reactive ketones (excluding diaryl/α,β-unsaturated/α-hetero) is 1. The van der Waals surface area contributed by atoms with Gasteiger partial charge in [-0.25, -0.2) is 4.79 Å². The summed E-state index contributed by atoms with van der Waals surface area (Å²) in [6, 6.07) is 13.1. The number of urea groups is 1. The molecule has 2 aromatic rings. The Kier molecular flexibility index (Phi) is 5.24. The molecule has 5 nitrogen and oxygen atoms in total. The highest BCUT2D eigenvalue weighted by Gasteiger charge is 2.28. The van der Waals surface area contributed by atoms with Gasteiger partial charge in [0.05, 0.1) is 0 Å². The average Bonchev–Trinajstić information content (AvgIpc) is 2.64. The van der Waals surface area contributed by atoms with Crippen LogP contribution < -0.4 is 5.32 Å². The number of nitrogens with zero attached hydrogens (tertiary/aromatic N) is 1. The molecule has 1 saturated heterocycles. The van der Waals surface area contributed by atoms with Crippen LogP contribution in [0.15, 0.2) is 48.5 Å². The molecule has 0 atom stereocenters. The third kappa shape index (κ3) is 4.31. The van der Waals surface area contributed by atoms with Crippen LogP contribution in [0.1, 0.15) is 23.2 Å². The monoisotopic (exact) mass is 358 g/mol. The van der Waals surface area contributed by atoms with Gasteiger partial charge in [0, 0.05) is 35.3 Å². The summed E-state index contributed by atoms with van der Waals surface area (Å²) in [5, 5.41) is 12.8. The number of halogens is 1. The molecule has 0 bridgehead atoms. The van der Waals surface area contributed by atoms with Crippen molar-refractivity contribution in [3.8, 4) is 5.75 Å². The summed E-state index contributed by atoms with van der Waals surface area (Å²) in [6.45, 7) is 1.07. The van der Waals surface area contributed by atoms with Crippen LogP contribution in [0.3, 0.4) is 0 Å². The molecule has 130 valence electrons. The van der Waals surface area contributed by atoms with Gasteiger partial charge in [-0.1, -0.05) is 11.6 Å². The molecule has 1 fully saturated rings. The van der Waals surface area contributed by atoms with Gasteiger partial charge in [-0.2, -0.15) is 0 Å². The van der Waals surface area contributed by atoms with E-state index in [9.17, 15) is 14.7 Å². The number of piperidine rings is 1. The summed E-state index contributed by atoms with van der Waals surface area (Å²) < 4.78 is 0. The van der Waals surface area contributed by atoms with Gasteiger partial charge in [0.1, 0.15) is 5.75 Å². The van der Waals surface area contributed by atoms with Crippen LogP contribution in [0, 0.1) is 5.92 Å². The third-order valence-electron chi connectivity index (χ3n) is 4.40. The number of likely N-dealkylation sites (tertiary alicyclic amines) is 1. The maximum atomic E-state index is 12.5. The summed E-state index contributed by atoms with van der Waals surface area (Å²) in [5.41, 5.74) is 1.29. The number of hydrogen-bond acceptors (Lipinski definition) is 3. The first-order valence-corrected chi connectivity index (χ1v) is 8.55. The van der Waals surface area contributed by atoms with Crippen molar-refractivity contribution in [3.05, 3.63) is 59.1 Å². The molecule has 0 unspecified atom stereocenters. The van der Waals surface area contributed by atoms with Crippen LogP contribution in [0.5, 0.6) is 5.75 Å². The second kappa shape index (κ2) is 7.57. The molecule has 2 N–H and O–H groups in total. The van der Waals surface area contributed by atoms with Gasteiger partial charge in [-0.05, 0) is 61.4 Å². The van der Waals surface area contributed by atoms with Gasteiger partial charge in [0.15, 0.2) is 5.78 Å². The second-order valence-corrected chi connectivity index (χ2v) is 6.55. The number of carbonyl (C=O) groups excluding carboxylic acids is 2. The second-order valence-electron chi connectivity index (χ2n) is 6.11. The highest BCUT2D eigenvalue weighted by molar-refractivity contribution is 6.30. The van der Waals surface area contributed by atoms with Crippen LogP contribution in [0.4, 0.5) is 10.5 Å². The fourth-order valence-corrected chi connectivity index (χ4v) is 3.07. The quantitative estimate of drug-likeness (QED) is 0.809. The molecule has 0 aliphatic carbocycles. The number of nitrogens with one attached hydrogen (secondary N) is 1. The van der Waals surface area contributed by atoms with E-state index in [0.717, 1.165) is 0 Å². The van der Waals surface area contributed by atoms with Crippen LogP contribution >= 0.6 is 11.6 Å². The Labute approximate surface area is 151 Å². The van der Waals surface area contributed by atoms with E-state index in [2.05, 4.69) is 5.32 Å². The number of ketones is 1. The van der Waals surface area contributed by atoms with Crippen LogP contribution in [0.2, 0.25) is 5.02 Å². The van der Waals surface area contributed by atoms with Crippen molar-refractivity contribution in [1.29, 1.82) is 0 Å². The summed E-state index contributed by atoms with van der Waals surface area (Å²) in [7, 11) is 0. The molecule has 0 radical (unpaired) electrons. The van der Waals surface area contributed by atoms with E-state index in [1.54, 1.807) is 41.3 Å². The Morgan fingerprint density at radius 3 is 2.20 bits per heavy atom. The maximum Gasteiger partial charge on any atom is 0.321 e. The van der Waals surface area contributed by atoms with E-state index in [0.29, 0.717) is 42.2 Å². The minimum absolute atomic E-state index is 0.0674. The predicted molar refractivity (Wildman–Crippen MR) is 97.2 cm³/mol. The zero-order valence-corrected chi connectivity index (χ0v) is 14.4. The van der Waals surface area contributed by atoms with Crippen LogP contribution in [-0.2, 0) is 0 Å². The minimum atomic E-state index is -0.169. The molecular formula is C19H19ClN2O3. The molecule has 3 rings (SSSR count). The zero-order valence-electron chi connectivity index (χ0n) is 13.6. The summed E-state index contributed by atoms with van der Waals surface area (Å²) >= 11 is 5.83. The van der Waals surface area contributed by atoms with Gasteiger partial charge in [0.2, 0.25) is 0 Å². The Hall–Kier alpha value is -2.53. The molecule has 0 aromatic heterocycles. The third-order valence-corrected chi connectivity index (χ3v) is 4.65.